The highest BCUT2D eigenvalue weighted by Crippen LogP contribution is 2.22. The lowest BCUT2D eigenvalue weighted by Crippen LogP contribution is -2.40. The Hall–Kier alpha value is -2.90. The molecule has 1 N–H and O–H groups in total. The minimum Gasteiger partial charge on any atom is -0.491 e. The third-order valence-electron chi connectivity index (χ3n) is 5.62. The highest BCUT2D eigenvalue weighted by molar-refractivity contribution is 6.30. The lowest BCUT2D eigenvalue weighted by Gasteiger charge is -2.30. The number of hydrogen-bond donors (Lipinski definition) is 1. The Labute approximate surface area is 199 Å². The van der Waals surface area contributed by atoms with Crippen molar-refractivity contribution in [3.8, 4) is 17.1 Å². The Morgan fingerprint density at radius 1 is 1.21 bits per heavy atom. The van der Waals surface area contributed by atoms with E-state index in [2.05, 4.69) is 20.4 Å². The number of likely N-dealkylation sites (tertiary alicyclic amines) is 1. The van der Waals surface area contributed by atoms with Gasteiger partial charge in [0.05, 0.1) is 12.6 Å². The number of benzene rings is 2. The molecule has 1 aliphatic rings. The second-order valence-corrected chi connectivity index (χ2v) is 9.04. The van der Waals surface area contributed by atoms with Gasteiger partial charge in [0.15, 0.2) is 0 Å². The maximum absolute atomic E-state index is 12.7. The fourth-order valence-corrected chi connectivity index (χ4v) is 4.04. The van der Waals surface area contributed by atoms with Crippen LogP contribution >= 0.6 is 11.6 Å². The quantitative estimate of drug-likeness (QED) is 0.516. The summed E-state index contributed by atoms with van der Waals surface area (Å²) in [5, 5.41) is 7.82. The summed E-state index contributed by atoms with van der Waals surface area (Å²) in [6.45, 7) is 6.71. The number of carbonyl (C=O) groups excluding carboxylic acids is 1. The molecule has 1 saturated heterocycles. The SMILES string of the molecule is CC(C)Oc1cccc(CNC(=O)C2CCN(Cc3nc(-c4ccc(Cl)cc4)no3)CC2)c1. The Morgan fingerprint density at radius 2 is 1.97 bits per heavy atom. The van der Waals surface area contributed by atoms with Crippen LogP contribution in [0.15, 0.2) is 53.1 Å². The molecule has 0 atom stereocenters. The second kappa shape index (κ2) is 10.8. The number of ether oxygens (including phenoxy) is 1. The van der Waals surface area contributed by atoms with Gasteiger partial charge in [0.1, 0.15) is 5.75 Å². The largest absolute Gasteiger partial charge is 0.491 e. The van der Waals surface area contributed by atoms with Crippen LogP contribution in [0.1, 0.15) is 38.1 Å². The summed E-state index contributed by atoms with van der Waals surface area (Å²) in [6, 6.07) is 15.2. The molecule has 8 heteroatoms. The lowest BCUT2D eigenvalue weighted by atomic mass is 9.96. The molecule has 7 nitrogen and oxygen atoms in total. The van der Waals surface area contributed by atoms with Gasteiger partial charge in [-0.05, 0) is 81.7 Å². The van der Waals surface area contributed by atoms with Crippen molar-refractivity contribution in [1.29, 1.82) is 0 Å². The number of nitrogens with zero attached hydrogens (tertiary/aromatic N) is 3. The van der Waals surface area contributed by atoms with E-state index in [1.807, 2.05) is 50.2 Å². The molecule has 2 aromatic carbocycles. The van der Waals surface area contributed by atoms with E-state index in [1.165, 1.54) is 0 Å². The third kappa shape index (κ3) is 6.55. The van der Waals surface area contributed by atoms with Crippen LogP contribution in [-0.4, -0.2) is 40.1 Å². The molecule has 0 bridgehead atoms. The fraction of sp³-hybridized carbons (Fsp3) is 0.400. The molecular formula is C25H29ClN4O3. The first kappa shape index (κ1) is 23.3. The average Bonchev–Trinajstić information content (AvgIpc) is 3.27. The number of amides is 1. The van der Waals surface area contributed by atoms with Crippen LogP contribution in [-0.2, 0) is 17.9 Å². The number of hydrogen-bond acceptors (Lipinski definition) is 6. The number of aromatic nitrogens is 2. The topological polar surface area (TPSA) is 80.5 Å². The first-order valence-electron chi connectivity index (χ1n) is 11.3. The van der Waals surface area contributed by atoms with E-state index in [0.29, 0.717) is 29.8 Å². The molecule has 0 radical (unpaired) electrons. The minimum atomic E-state index is 0.0173. The summed E-state index contributed by atoms with van der Waals surface area (Å²) in [7, 11) is 0. The number of piperidine rings is 1. The monoisotopic (exact) mass is 468 g/mol. The zero-order valence-electron chi connectivity index (χ0n) is 19.0. The molecule has 0 unspecified atom stereocenters. The fourth-order valence-electron chi connectivity index (χ4n) is 3.91. The van der Waals surface area contributed by atoms with E-state index < -0.39 is 0 Å². The van der Waals surface area contributed by atoms with Crippen molar-refractivity contribution in [2.75, 3.05) is 13.1 Å². The molecule has 0 saturated carbocycles. The molecule has 1 aliphatic heterocycles. The van der Waals surface area contributed by atoms with Gasteiger partial charge in [-0.1, -0.05) is 28.9 Å². The maximum atomic E-state index is 12.7. The van der Waals surface area contributed by atoms with E-state index in [1.54, 1.807) is 12.1 Å². The van der Waals surface area contributed by atoms with Crippen molar-refractivity contribution < 1.29 is 14.1 Å². The van der Waals surface area contributed by atoms with Crippen LogP contribution in [0.3, 0.4) is 0 Å². The predicted molar refractivity (Wildman–Crippen MR) is 127 cm³/mol. The number of halogens is 1. The zero-order chi connectivity index (χ0) is 23.2. The standard InChI is InChI=1S/C25H29ClN4O3/c1-17(2)32-22-5-3-4-18(14-22)15-27-25(31)20-10-12-30(13-11-20)16-23-28-24(29-33-23)19-6-8-21(26)9-7-19/h3-9,14,17,20H,10-13,15-16H2,1-2H3,(H,27,31). The minimum absolute atomic E-state index is 0.0173. The molecule has 1 fully saturated rings. The smallest absolute Gasteiger partial charge is 0.241 e. The molecule has 0 aliphatic carbocycles. The van der Waals surface area contributed by atoms with E-state index in [4.69, 9.17) is 20.9 Å². The summed E-state index contributed by atoms with van der Waals surface area (Å²) in [5.74, 6) is 2.08. The summed E-state index contributed by atoms with van der Waals surface area (Å²) < 4.78 is 11.2. The summed E-state index contributed by atoms with van der Waals surface area (Å²) in [5.41, 5.74) is 1.90. The van der Waals surface area contributed by atoms with Gasteiger partial charge < -0.3 is 14.6 Å². The molecule has 3 aromatic rings. The van der Waals surface area contributed by atoms with Gasteiger partial charge in [0.25, 0.3) is 0 Å². The molecule has 2 heterocycles. The van der Waals surface area contributed by atoms with E-state index in [9.17, 15) is 4.79 Å². The van der Waals surface area contributed by atoms with Gasteiger partial charge in [-0.2, -0.15) is 4.98 Å². The molecule has 33 heavy (non-hydrogen) atoms. The summed E-state index contributed by atoms with van der Waals surface area (Å²) >= 11 is 5.94. The van der Waals surface area contributed by atoms with Crippen molar-refractivity contribution in [1.82, 2.24) is 20.4 Å². The van der Waals surface area contributed by atoms with Gasteiger partial charge in [0.2, 0.25) is 17.6 Å². The van der Waals surface area contributed by atoms with Crippen LogP contribution in [0, 0.1) is 5.92 Å². The van der Waals surface area contributed by atoms with Crippen LogP contribution in [0.4, 0.5) is 0 Å². The van der Waals surface area contributed by atoms with Crippen molar-refractivity contribution in [2.24, 2.45) is 5.92 Å². The van der Waals surface area contributed by atoms with Gasteiger partial charge >= 0.3 is 0 Å². The van der Waals surface area contributed by atoms with Crippen LogP contribution in [0.5, 0.6) is 5.75 Å². The van der Waals surface area contributed by atoms with Crippen LogP contribution < -0.4 is 10.1 Å². The molecule has 0 spiro atoms. The Bertz CT molecular complexity index is 1060. The van der Waals surface area contributed by atoms with Crippen molar-refractivity contribution in [2.45, 2.75) is 45.9 Å². The Morgan fingerprint density at radius 3 is 2.70 bits per heavy atom. The molecular weight excluding hydrogens is 440 g/mol. The van der Waals surface area contributed by atoms with Crippen molar-refractivity contribution in [3.05, 3.63) is 65.0 Å². The van der Waals surface area contributed by atoms with Crippen molar-refractivity contribution >= 4 is 17.5 Å². The zero-order valence-corrected chi connectivity index (χ0v) is 19.7. The number of rotatable bonds is 8. The molecule has 1 amide bonds. The molecule has 4 rings (SSSR count). The van der Waals surface area contributed by atoms with Crippen LogP contribution in [0.25, 0.3) is 11.4 Å². The summed E-state index contributed by atoms with van der Waals surface area (Å²) in [6.07, 6.45) is 1.73. The summed E-state index contributed by atoms with van der Waals surface area (Å²) in [4.78, 5) is 19.4. The first-order chi connectivity index (χ1) is 16.0. The highest BCUT2D eigenvalue weighted by Gasteiger charge is 2.26. The van der Waals surface area contributed by atoms with Gasteiger partial charge in [-0.25, -0.2) is 0 Å². The van der Waals surface area contributed by atoms with Crippen molar-refractivity contribution in [3.63, 3.8) is 0 Å². The Balaban J connectivity index is 1.23. The van der Waals surface area contributed by atoms with Gasteiger partial charge in [-0.3, -0.25) is 9.69 Å². The highest BCUT2D eigenvalue weighted by atomic mass is 35.5. The van der Waals surface area contributed by atoms with Crippen LogP contribution in [0.2, 0.25) is 5.02 Å². The maximum Gasteiger partial charge on any atom is 0.241 e. The number of carbonyl (C=O) groups is 1. The Kier molecular flexibility index (Phi) is 7.62. The third-order valence-corrected chi connectivity index (χ3v) is 5.88. The lowest BCUT2D eigenvalue weighted by molar-refractivity contribution is -0.126. The number of nitrogens with one attached hydrogen (secondary N) is 1. The molecule has 1 aromatic heterocycles. The van der Waals surface area contributed by atoms with E-state index >= 15 is 0 Å². The second-order valence-electron chi connectivity index (χ2n) is 8.60. The molecule has 174 valence electrons. The van der Waals surface area contributed by atoms with E-state index in [0.717, 1.165) is 42.8 Å². The van der Waals surface area contributed by atoms with Gasteiger partial charge in [0, 0.05) is 23.0 Å². The predicted octanol–water partition coefficient (Wildman–Crippen LogP) is 4.71. The van der Waals surface area contributed by atoms with E-state index in [-0.39, 0.29) is 17.9 Å². The first-order valence-corrected chi connectivity index (χ1v) is 11.7. The average molecular weight is 469 g/mol. The van der Waals surface area contributed by atoms with Gasteiger partial charge in [-0.15, -0.1) is 0 Å². The normalized spacial score (nSPS) is 15.0.